The molecule has 0 spiro atoms. The second kappa shape index (κ2) is 5.16. The van der Waals surface area contributed by atoms with Crippen LogP contribution in [0.25, 0.3) is 11.2 Å². The van der Waals surface area contributed by atoms with Gasteiger partial charge < -0.3 is 35.9 Å². The highest BCUT2D eigenvalue weighted by Crippen LogP contribution is 2.31. The number of nitrogens with one attached hydrogen (secondary N) is 1. The van der Waals surface area contributed by atoms with Crippen molar-refractivity contribution in [3.63, 3.8) is 0 Å². The van der Waals surface area contributed by atoms with E-state index in [0.717, 1.165) is 0 Å². The number of aromatic nitrogens is 4. The summed E-state index contributed by atoms with van der Waals surface area (Å²) in [6, 6.07) is 0. The lowest BCUT2D eigenvalue weighted by molar-refractivity contribution is -0.233. The topological polar surface area (TPSA) is 171 Å². The van der Waals surface area contributed by atoms with Crippen LogP contribution < -0.4 is 5.73 Å². The normalized spacial score (nSPS) is 33.4. The summed E-state index contributed by atoms with van der Waals surface area (Å²) in [5.41, 5.74) is 6.50. The van der Waals surface area contributed by atoms with Crippen LogP contribution in [0.2, 0.25) is 0 Å². The molecule has 1 unspecified atom stereocenters. The Morgan fingerprint density at radius 2 is 1.95 bits per heavy atom. The number of aromatic amines is 1. The van der Waals surface area contributed by atoms with E-state index in [0.29, 0.717) is 5.52 Å². The van der Waals surface area contributed by atoms with Crippen LogP contribution in [0, 0.1) is 0 Å². The Kier molecular flexibility index (Phi) is 3.47. The molecule has 0 amide bonds. The lowest BCUT2D eigenvalue weighted by atomic mass is 9.95. The lowest BCUT2D eigenvalue weighted by Crippen LogP contribution is -2.55. The molecule has 10 heteroatoms. The van der Waals surface area contributed by atoms with Gasteiger partial charge in [-0.2, -0.15) is 0 Å². The molecule has 1 aliphatic rings. The van der Waals surface area contributed by atoms with Gasteiger partial charge in [-0.05, 0) is 0 Å². The number of H-pyrrole nitrogens is 1. The van der Waals surface area contributed by atoms with Crippen molar-refractivity contribution in [2.75, 3.05) is 12.3 Å². The molecule has 2 aromatic rings. The molecule has 1 fully saturated rings. The molecule has 5 atom stereocenters. The lowest BCUT2D eigenvalue weighted by Gasteiger charge is -2.39. The van der Waals surface area contributed by atoms with E-state index < -0.39 is 37.1 Å². The van der Waals surface area contributed by atoms with Crippen LogP contribution in [0.15, 0.2) is 6.33 Å². The number of aliphatic hydroxyl groups excluding tert-OH is 4. The van der Waals surface area contributed by atoms with E-state index in [2.05, 4.69) is 19.9 Å². The second-order valence-electron chi connectivity index (χ2n) is 4.82. The average molecular weight is 297 g/mol. The van der Waals surface area contributed by atoms with E-state index in [1.165, 1.54) is 6.33 Å². The van der Waals surface area contributed by atoms with Crippen molar-refractivity contribution >= 4 is 17.0 Å². The van der Waals surface area contributed by atoms with Crippen LogP contribution in [0.4, 0.5) is 5.82 Å². The van der Waals surface area contributed by atoms with Gasteiger partial charge in [-0.25, -0.2) is 15.0 Å². The number of aliphatic hydroxyl groups is 4. The van der Waals surface area contributed by atoms with Crippen LogP contribution >= 0.6 is 0 Å². The van der Waals surface area contributed by atoms with Gasteiger partial charge in [0, 0.05) is 0 Å². The molecule has 3 rings (SSSR count). The SMILES string of the molecule is Nc1nc(C2O[C@H](CO)[C@@H](O)[C@H](O)[C@H]2O)nc2nc[nH]c12. The Labute approximate surface area is 118 Å². The number of hydrogen-bond acceptors (Lipinski definition) is 9. The molecule has 0 aromatic carbocycles. The fraction of sp³-hybridized carbons (Fsp3) is 0.545. The Morgan fingerprint density at radius 1 is 1.19 bits per heavy atom. The molecule has 21 heavy (non-hydrogen) atoms. The summed E-state index contributed by atoms with van der Waals surface area (Å²) in [6.45, 7) is -0.526. The number of ether oxygens (including phenoxy) is 1. The molecule has 0 saturated carbocycles. The number of hydrogen-bond donors (Lipinski definition) is 6. The maximum absolute atomic E-state index is 10.0. The molecule has 2 aromatic heterocycles. The summed E-state index contributed by atoms with van der Waals surface area (Å²) in [6.07, 6.45) is -5.17. The third-order valence-corrected chi connectivity index (χ3v) is 3.48. The average Bonchev–Trinajstić information content (AvgIpc) is 2.94. The van der Waals surface area contributed by atoms with Crippen molar-refractivity contribution < 1.29 is 25.2 Å². The van der Waals surface area contributed by atoms with E-state index in [1.54, 1.807) is 0 Å². The first-order valence-corrected chi connectivity index (χ1v) is 6.30. The molecular weight excluding hydrogens is 282 g/mol. The van der Waals surface area contributed by atoms with Crippen molar-refractivity contribution in [1.29, 1.82) is 0 Å². The van der Waals surface area contributed by atoms with E-state index in [1.807, 2.05) is 0 Å². The first-order chi connectivity index (χ1) is 10.0. The van der Waals surface area contributed by atoms with E-state index in [-0.39, 0.29) is 17.3 Å². The Hall–Kier alpha value is -1.85. The van der Waals surface area contributed by atoms with Gasteiger partial charge in [-0.3, -0.25) is 0 Å². The van der Waals surface area contributed by atoms with Crippen molar-refractivity contribution in [2.45, 2.75) is 30.5 Å². The summed E-state index contributed by atoms with van der Waals surface area (Å²) in [5, 5.41) is 38.7. The van der Waals surface area contributed by atoms with E-state index in [4.69, 9.17) is 15.6 Å². The van der Waals surface area contributed by atoms with Gasteiger partial charge in [0.25, 0.3) is 0 Å². The van der Waals surface area contributed by atoms with Crippen LogP contribution in [-0.2, 0) is 4.74 Å². The fourth-order valence-corrected chi connectivity index (χ4v) is 2.32. The number of anilines is 1. The minimum Gasteiger partial charge on any atom is -0.394 e. The Morgan fingerprint density at radius 3 is 2.67 bits per heavy atom. The first-order valence-electron chi connectivity index (χ1n) is 6.30. The molecule has 10 nitrogen and oxygen atoms in total. The van der Waals surface area contributed by atoms with Gasteiger partial charge in [-0.15, -0.1) is 0 Å². The van der Waals surface area contributed by atoms with Crippen molar-refractivity contribution in [3.8, 4) is 0 Å². The summed E-state index contributed by atoms with van der Waals surface area (Å²) in [7, 11) is 0. The number of nitrogen functional groups attached to an aromatic ring is 1. The molecule has 1 aliphatic heterocycles. The summed E-state index contributed by atoms with van der Waals surface area (Å²) in [4.78, 5) is 14.8. The zero-order valence-electron chi connectivity index (χ0n) is 10.8. The zero-order chi connectivity index (χ0) is 15.1. The van der Waals surface area contributed by atoms with Crippen molar-refractivity contribution in [2.24, 2.45) is 0 Å². The fourth-order valence-electron chi connectivity index (χ4n) is 2.32. The minimum atomic E-state index is -1.50. The molecule has 1 saturated heterocycles. The number of fused-ring (bicyclic) bond motifs is 1. The van der Waals surface area contributed by atoms with Gasteiger partial charge in [0.2, 0.25) is 0 Å². The smallest absolute Gasteiger partial charge is 0.183 e. The highest BCUT2D eigenvalue weighted by molar-refractivity contribution is 5.80. The number of nitrogens with two attached hydrogens (primary N) is 1. The predicted molar refractivity (Wildman–Crippen MR) is 68.8 cm³/mol. The van der Waals surface area contributed by atoms with Crippen molar-refractivity contribution in [1.82, 2.24) is 19.9 Å². The maximum atomic E-state index is 10.0. The van der Waals surface area contributed by atoms with Crippen LogP contribution in [0.5, 0.6) is 0 Å². The Bertz CT molecular complexity index is 647. The van der Waals surface area contributed by atoms with Gasteiger partial charge >= 0.3 is 0 Å². The third kappa shape index (κ3) is 2.22. The van der Waals surface area contributed by atoms with Crippen LogP contribution in [0.3, 0.4) is 0 Å². The standard InChI is InChI=1S/C11H15N5O5/c12-9-4-10(14-2-13-4)16-11(15-9)8-7(20)6(19)5(18)3(1-17)21-8/h2-3,5-8,17-20H,1H2,(H3,12,13,14,15,16)/t3-,5-,6+,7-,8?/m1/s1. The second-order valence-corrected chi connectivity index (χ2v) is 4.82. The molecule has 3 heterocycles. The monoisotopic (exact) mass is 297 g/mol. The molecular formula is C11H15N5O5. The summed E-state index contributed by atoms with van der Waals surface area (Å²) < 4.78 is 5.37. The Balaban J connectivity index is 2.00. The number of rotatable bonds is 2. The van der Waals surface area contributed by atoms with Crippen LogP contribution in [-0.4, -0.2) is 71.4 Å². The summed E-state index contributed by atoms with van der Waals surface area (Å²) in [5.74, 6) is 0.133. The van der Waals surface area contributed by atoms with Gasteiger partial charge in [0.1, 0.15) is 36.0 Å². The minimum absolute atomic E-state index is 0.0176. The maximum Gasteiger partial charge on any atom is 0.183 e. The molecule has 114 valence electrons. The van der Waals surface area contributed by atoms with E-state index >= 15 is 0 Å². The molecule has 7 N–H and O–H groups in total. The largest absolute Gasteiger partial charge is 0.394 e. The quantitative estimate of drug-likeness (QED) is 0.349. The summed E-state index contributed by atoms with van der Waals surface area (Å²) >= 11 is 0. The molecule has 0 aliphatic carbocycles. The first kappa shape index (κ1) is 14.1. The van der Waals surface area contributed by atoms with Gasteiger partial charge in [-0.1, -0.05) is 0 Å². The van der Waals surface area contributed by atoms with Crippen LogP contribution in [0.1, 0.15) is 11.9 Å². The predicted octanol–water partition coefficient (Wildman–Crippen LogP) is -2.55. The van der Waals surface area contributed by atoms with Crippen molar-refractivity contribution in [3.05, 3.63) is 12.2 Å². The molecule has 0 bridgehead atoms. The van der Waals surface area contributed by atoms with Gasteiger partial charge in [0.15, 0.2) is 17.3 Å². The van der Waals surface area contributed by atoms with E-state index in [9.17, 15) is 15.3 Å². The third-order valence-electron chi connectivity index (χ3n) is 3.48. The molecule has 0 radical (unpaired) electrons. The number of imidazole rings is 1. The zero-order valence-corrected chi connectivity index (χ0v) is 10.8. The van der Waals surface area contributed by atoms with Gasteiger partial charge in [0.05, 0.1) is 12.9 Å². The highest BCUT2D eigenvalue weighted by atomic mass is 16.5. The highest BCUT2D eigenvalue weighted by Gasteiger charge is 2.45. The number of nitrogens with zero attached hydrogens (tertiary/aromatic N) is 3.